The molecule has 3 heterocycles. The van der Waals surface area contributed by atoms with Gasteiger partial charge in [-0.2, -0.15) is 0 Å². The lowest BCUT2D eigenvalue weighted by atomic mass is 9.92. The number of likely N-dealkylation sites (N-methyl/N-ethyl adjacent to an activating group) is 1. The summed E-state index contributed by atoms with van der Waals surface area (Å²) < 4.78 is 5.10. The van der Waals surface area contributed by atoms with Crippen LogP contribution < -0.4 is 4.90 Å². The minimum atomic E-state index is -0.975. The molecule has 1 aliphatic heterocycles. The highest BCUT2D eigenvalue weighted by molar-refractivity contribution is 5.92. The number of hydrogen-bond acceptors (Lipinski definition) is 6. The van der Waals surface area contributed by atoms with Crippen LogP contribution in [0.1, 0.15) is 36.0 Å². The highest BCUT2D eigenvalue weighted by Gasteiger charge is 2.36. The molecule has 0 saturated carbocycles. The summed E-state index contributed by atoms with van der Waals surface area (Å²) in [5.41, 5.74) is -0.697. The Bertz CT molecular complexity index is 718. The first kappa shape index (κ1) is 17.4. The summed E-state index contributed by atoms with van der Waals surface area (Å²) in [6, 6.07) is 7.39. The topological polar surface area (TPSA) is 82.7 Å². The Hall–Kier alpha value is -2.41. The molecule has 7 heteroatoms. The Labute approximate surface area is 147 Å². The third-order valence-electron chi connectivity index (χ3n) is 4.53. The van der Waals surface area contributed by atoms with Gasteiger partial charge < -0.3 is 19.4 Å². The molecule has 0 unspecified atom stereocenters. The lowest BCUT2D eigenvalue weighted by molar-refractivity contribution is -0.000377. The molecule has 0 radical (unpaired) electrons. The Kier molecular flexibility index (Phi) is 5.03. The zero-order chi connectivity index (χ0) is 17.9. The first-order chi connectivity index (χ1) is 12.0. The zero-order valence-electron chi connectivity index (χ0n) is 14.7. The predicted molar refractivity (Wildman–Crippen MR) is 93.5 cm³/mol. The van der Waals surface area contributed by atoms with Crippen LogP contribution in [0.5, 0.6) is 0 Å². The van der Waals surface area contributed by atoms with Gasteiger partial charge >= 0.3 is 0 Å². The number of aryl methyl sites for hydroxylation is 1. The summed E-state index contributed by atoms with van der Waals surface area (Å²) >= 11 is 0. The fourth-order valence-corrected chi connectivity index (χ4v) is 3.27. The van der Waals surface area contributed by atoms with E-state index in [1.165, 1.54) is 4.90 Å². The second kappa shape index (κ2) is 7.23. The number of piperidine rings is 1. The van der Waals surface area contributed by atoms with Gasteiger partial charge in [0.1, 0.15) is 11.6 Å². The van der Waals surface area contributed by atoms with Crippen LogP contribution in [0.2, 0.25) is 0 Å². The van der Waals surface area contributed by atoms with E-state index in [9.17, 15) is 9.90 Å². The van der Waals surface area contributed by atoms with Crippen molar-refractivity contribution in [3.8, 4) is 0 Å². The fraction of sp³-hybridized carbons (Fsp3) is 0.500. The van der Waals surface area contributed by atoms with E-state index in [0.717, 1.165) is 18.8 Å². The van der Waals surface area contributed by atoms with Crippen molar-refractivity contribution < 1.29 is 14.4 Å². The van der Waals surface area contributed by atoms with Gasteiger partial charge in [-0.3, -0.25) is 4.79 Å². The van der Waals surface area contributed by atoms with Crippen molar-refractivity contribution in [2.45, 2.75) is 31.8 Å². The molecule has 1 N–H and O–H groups in total. The Morgan fingerprint density at radius 1 is 1.48 bits per heavy atom. The third kappa shape index (κ3) is 3.99. The summed E-state index contributed by atoms with van der Waals surface area (Å²) in [6.07, 6.45) is 3.92. The molecule has 1 aliphatic rings. The van der Waals surface area contributed by atoms with Crippen molar-refractivity contribution in [1.29, 1.82) is 0 Å². The largest absolute Gasteiger partial charge is 0.386 e. The molecule has 0 spiro atoms. The van der Waals surface area contributed by atoms with Crippen LogP contribution in [0.25, 0.3) is 0 Å². The maximum absolute atomic E-state index is 12.5. The number of β-amino-alcohol motifs (C(OH)–C–C–N with tert-alkyl or cyclic N) is 1. The molecule has 1 fully saturated rings. The van der Waals surface area contributed by atoms with Gasteiger partial charge in [0.25, 0.3) is 5.91 Å². The quantitative estimate of drug-likeness (QED) is 0.889. The summed E-state index contributed by atoms with van der Waals surface area (Å²) in [6.45, 7) is 3.47. The SMILES string of the molecule is CCc1cc(C(=O)N(C)C[C@@]2(O)CCCN(c3ccccn3)C2)no1. The van der Waals surface area contributed by atoms with Gasteiger partial charge in [0.05, 0.1) is 12.1 Å². The highest BCUT2D eigenvalue weighted by atomic mass is 16.5. The number of rotatable bonds is 5. The van der Waals surface area contributed by atoms with Crippen molar-refractivity contribution in [1.82, 2.24) is 15.0 Å². The van der Waals surface area contributed by atoms with Crippen molar-refractivity contribution >= 4 is 11.7 Å². The van der Waals surface area contributed by atoms with E-state index in [0.29, 0.717) is 25.1 Å². The summed E-state index contributed by atoms with van der Waals surface area (Å²) in [5, 5.41) is 14.8. The molecule has 134 valence electrons. The zero-order valence-corrected chi connectivity index (χ0v) is 14.7. The third-order valence-corrected chi connectivity index (χ3v) is 4.53. The maximum atomic E-state index is 12.5. The number of aliphatic hydroxyl groups is 1. The molecule has 2 aromatic heterocycles. The molecule has 0 bridgehead atoms. The standard InChI is InChI=1S/C18H24N4O3/c1-3-14-11-15(20-25-14)17(23)21(2)12-18(24)8-6-10-22(13-18)16-7-4-5-9-19-16/h4-5,7,9,11,24H,3,6,8,10,12-13H2,1-2H3/t18-/m0/s1. The number of carbonyl (C=O) groups excluding carboxylic acids is 1. The molecule has 0 aliphatic carbocycles. The smallest absolute Gasteiger partial charge is 0.275 e. The average Bonchev–Trinajstić information content (AvgIpc) is 3.10. The normalized spacial score (nSPS) is 20.5. The van der Waals surface area contributed by atoms with E-state index in [4.69, 9.17) is 4.52 Å². The van der Waals surface area contributed by atoms with Crippen molar-refractivity contribution in [3.63, 3.8) is 0 Å². The van der Waals surface area contributed by atoms with Crippen LogP contribution >= 0.6 is 0 Å². The molecule has 2 aromatic rings. The van der Waals surface area contributed by atoms with Crippen LogP contribution in [0, 0.1) is 0 Å². The van der Waals surface area contributed by atoms with E-state index in [1.807, 2.05) is 25.1 Å². The van der Waals surface area contributed by atoms with Gasteiger partial charge in [-0.1, -0.05) is 18.1 Å². The van der Waals surface area contributed by atoms with E-state index >= 15 is 0 Å². The number of pyridine rings is 1. The van der Waals surface area contributed by atoms with Crippen LogP contribution in [0.3, 0.4) is 0 Å². The number of anilines is 1. The lowest BCUT2D eigenvalue weighted by Gasteiger charge is -2.41. The molecule has 3 rings (SSSR count). The molecule has 1 saturated heterocycles. The van der Waals surface area contributed by atoms with Crippen LogP contribution in [0.15, 0.2) is 35.0 Å². The van der Waals surface area contributed by atoms with Crippen molar-refractivity contribution in [2.24, 2.45) is 0 Å². The van der Waals surface area contributed by atoms with Crippen molar-refractivity contribution in [3.05, 3.63) is 41.9 Å². The molecule has 1 atom stereocenters. The maximum Gasteiger partial charge on any atom is 0.275 e. The van der Waals surface area contributed by atoms with Gasteiger partial charge in [0.2, 0.25) is 0 Å². The predicted octanol–water partition coefficient (Wildman–Crippen LogP) is 1.74. The van der Waals surface area contributed by atoms with Crippen LogP contribution in [0.4, 0.5) is 5.82 Å². The van der Waals surface area contributed by atoms with Crippen LogP contribution in [-0.4, -0.2) is 58.3 Å². The molecule has 7 nitrogen and oxygen atoms in total. The number of carbonyl (C=O) groups is 1. The van der Waals surface area contributed by atoms with Gasteiger partial charge in [0, 0.05) is 38.8 Å². The van der Waals surface area contributed by atoms with Gasteiger partial charge in [-0.25, -0.2) is 4.98 Å². The molecule has 0 aromatic carbocycles. The van der Waals surface area contributed by atoms with E-state index < -0.39 is 5.60 Å². The van der Waals surface area contributed by atoms with Crippen molar-refractivity contribution in [2.75, 3.05) is 31.6 Å². The summed E-state index contributed by atoms with van der Waals surface area (Å²) in [4.78, 5) is 20.4. The van der Waals surface area contributed by atoms with Gasteiger partial charge in [0.15, 0.2) is 5.69 Å². The number of amides is 1. The molecule has 1 amide bonds. The number of hydrogen-bond donors (Lipinski definition) is 1. The van der Waals surface area contributed by atoms with Crippen LogP contribution in [-0.2, 0) is 6.42 Å². The first-order valence-corrected chi connectivity index (χ1v) is 8.60. The minimum Gasteiger partial charge on any atom is -0.386 e. The summed E-state index contributed by atoms with van der Waals surface area (Å²) in [5.74, 6) is 1.28. The fourth-order valence-electron chi connectivity index (χ4n) is 3.27. The number of nitrogens with zero attached hydrogens (tertiary/aromatic N) is 4. The Morgan fingerprint density at radius 3 is 3.00 bits per heavy atom. The average molecular weight is 344 g/mol. The van der Waals surface area contributed by atoms with E-state index in [1.54, 1.807) is 19.3 Å². The highest BCUT2D eigenvalue weighted by Crippen LogP contribution is 2.25. The molecular formula is C18H24N4O3. The Balaban J connectivity index is 1.66. The van der Waals surface area contributed by atoms with E-state index in [-0.39, 0.29) is 18.1 Å². The summed E-state index contributed by atoms with van der Waals surface area (Å²) in [7, 11) is 1.68. The minimum absolute atomic E-state index is 0.240. The Morgan fingerprint density at radius 2 is 2.32 bits per heavy atom. The second-order valence-corrected chi connectivity index (χ2v) is 6.63. The molecular weight excluding hydrogens is 320 g/mol. The van der Waals surface area contributed by atoms with Gasteiger partial charge in [-0.05, 0) is 25.0 Å². The monoisotopic (exact) mass is 344 g/mol. The van der Waals surface area contributed by atoms with Gasteiger partial charge in [-0.15, -0.1) is 0 Å². The number of aromatic nitrogens is 2. The lowest BCUT2D eigenvalue weighted by Crippen LogP contribution is -2.54. The van der Waals surface area contributed by atoms with E-state index in [2.05, 4.69) is 15.0 Å². The first-order valence-electron chi connectivity index (χ1n) is 8.60. The second-order valence-electron chi connectivity index (χ2n) is 6.63. The molecule has 25 heavy (non-hydrogen) atoms.